The van der Waals surface area contributed by atoms with Gasteiger partial charge >= 0.3 is 0 Å². The molecule has 1 spiro atoms. The summed E-state index contributed by atoms with van der Waals surface area (Å²) in [6.07, 6.45) is 3.82. The molecule has 2 aliphatic rings. The highest BCUT2D eigenvalue weighted by molar-refractivity contribution is 5.15. The highest BCUT2D eigenvalue weighted by Crippen LogP contribution is 2.31. The van der Waals surface area contributed by atoms with Gasteiger partial charge in [0.05, 0.1) is 19.8 Å². The molecular weight excluding hydrogens is 297 g/mol. The van der Waals surface area contributed by atoms with Gasteiger partial charge in [0.15, 0.2) is 5.79 Å². The molecule has 0 atom stereocenters. The lowest BCUT2D eigenvalue weighted by atomic mass is 10.0. The zero-order valence-corrected chi connectivity index (χ0v) is 13.6. The van der Waals surface area contributed by atoms with Crippen LogP contribution in [0.2, 0.25) is 0 Å². The molecule has 0 bridgehead atoms. The van der Waals surface area contributed by atoms with Crippen molar-refractivity contribution in [3.8, 4) is 0 Å². The van der Waals surface area contributed by atoms with Gasteiger partial charge in [-0.1, -0.05) is 12.1 Å². The molecule has 0 N–H and O–H groups in total. The van der Waals surface area contributed by atoms with Crippen LogP contribution in [-0.2, 0) is 20.6 Å². The molecule has 4 nitrogen and oxygen atoms in total. The molecule has 128 valence electrons. The number of piperidine rings is 1. The van der Waals surface area contributed by atoms with Crippen LogP contribution in [0.3, 0.4) is 0 Å². The topological polar surface area (TPSA) is 30.9 Å². The Morgan fingerprint density at radius 1 is 1.04 bits per heavy atom. The van der Waals surface area contributed by atoms with E-state index in [9.17, 15) is 4.39 Å². The summed E-state index contributed by atoms with van der Waals surface area (Å²) in [4.78, 5) is 2.46. The SMILES string of the molecule is Fc1ccc(CCOCCCN2CCC3(CC2)OCCO3)cc1. The van der Waals surface area contributed by atoms with E-state index in [-0.39, 0.29) is 11.6 Å². The van der Waals surface area contributed by atoms with E-state index in [0.29, 0.717) is 6.61 Å². The largest absolute Gasteiger partial charge is 0.381 e. The second-order valence-electron chi connectivity index (χ2n) is 6.29. The summed E-state index contributed by atoms with van der Waals surface area (Å²) in [5.74, 6) is -0.464. The molecule has 1 aromatic carbocycles. The van der Waals surface area contributed by atoms with Crippen LogP contribution in [-0.4, -0.2) is 56.7 Å². The first-order valence-electron chi connectivity index (χ1n) is 8.58. The summed E-state index contributed by atoms with van der Waals surface area (Å²) in [6, 6.07) is 6.62. The predicted octanol–water partition coefficient (Wildman–Crippen LogP) is 2.61. The highest BCUT2D eigenvalue weighted by Gasteiger charge is 2.39. The van der Waals surface area contributed by atoms with Crippen molar-refractivity contribution in [2.24, 2.45) is 0 Å². The van der Waals surface area contributed by atoms with Crippen LogP contribution in [0.5, 0.6) is 0 Å². The standard InChI is InChI=1S/C18H26FNO3/c19-17-4-2-16(3-5-17)6-13-21-12-1-9-20-10-7-18(8-11-20)22-14-15-23-18/h2-5H,1,6-15H2. The summed E-state index contributed by atoms with van der Waals surface area (Å²) >= 11 is 0. The first-order chi connectivity index (χ1) is 11.3. The van der Waals surface area contributed by atoms with Gasteiger partial charge in [-0.2, -0.15) is 0 Å². The normalized spacial score (nSPS) is 21.1. The first-order valence-corrected chi connectivity index (χ1v) is 8.58. The molecule has 0 radical (unpaired) electrons. The van der Waals surface area contributed by atoms with Crippen LogP contribution >= 0.6 is 0 Å². The van der Waals surface area contributed by atoms with Crippen LogP contribution in [0.4, 0.5) is 4.39 Å². The van der Waals surface area contributed by atoms with Gasteiger partial charge in [0.25, 0.3) is 0 Å². The molecule has 0 aliphatic carbocycles. The quantitative estimate of drug-likeness (QED) is 0.722. The van der Waals surface area contributed by atoms with Crippen molar-refractivity contribution in [1.29, 1.82) is 0 Å². The van der Waals surface area contributed by atoms with Crippen LogP contribution in [0.1, 0.15) is 24.8 Å². The summed E-state index contributed by atoms with van der Waals surface area (Å²) in [5.41, 5.74) is 1.12. The van der Waals surface area contributed by atoms with Crippen molar-refractivity contribution in [3.05, 3.63) is 35.6 Å². The molecule has 23 heavy (non-hydrogen) atoms. The number of likely N-dealkylation sites (tertiary alicyclic amines) is 1. The van der Waals surface area contributed by atoms with E-state index in [1.807, 2.05) is 12.1 Å². The summed E-state index contributed by atoms with van der Waals surface area (Å²) in [6.45, 7) is 6.08. The van der Waals surface area contributed by atoms with Gasteiger partial charge < -0.3 is 19.1 Å². The third-order valence-electron chi connectivity index (χ3n) is 4.64. The Hall–Kier alpha value is -1.01. The fraction of sp³-hybridized carbons (Fsp3) is 0.667. The number of hydrogen-bond acceptors (Lipinski definition) is 4. The monoisotopic (exact) mass is 323 g/mol. The Morgan fingerprint density at radius 2 is 1.74 bits per heavy atom. The number of ether oxygens (including phenoxy) is 3. The van der Waals surface area contributed by atoms with Gasteiger partial charge in [-0.3, -0.25) is 0 Å². The minimum Gasteiger partial charge on any atom is -0.381 e. The lowest BCUT2D eigenvalue weighted by Gasteiger charge is -2.37. The van der Waals surface area contributed by atoms with Crippen molar-refractivity contribution in [2.75, 3.05) is 46.1 Å². The van der Waals surface area contributed by atoms with E-state index < -0.39 is 0 Å². The van der Waals surface area contributed by atoms with Crippen LogP contribution in [0.25, 0.3) is 0 Å². The van der Waals surface area contributed by atoms with Crippen molar-refractivity contribution < 1.29 is 18.6 Å². The van der Waals surface area contributed by atoms with E-state index in [1.54, 1.807) is 0 Å². The van der Waals surface area contributed by atoms with E-state index in [1.165, 1.54) is 12.1 Å². The van der Waals surface area contributed by atoms with Crippen molar-refractivity contribution in [2.45, 2.75) is 31.5 Å². The fourth-order valence-corrected chi connectivity index (χ4v) is 3.24. The number of halogens is 1. The second-order valence-corrected chi connectivity index (χ2v) is 6.29. The van der Waals surface area contributed by atoms with Gasteiger partial charge in [0, 0.05) is 39.1 Å². The Labute approximate surface area is 137 Å². The average Bonchev–Trinajstić information content (AvgIpc) is 3.02. The maximum absolute atomic E-state index is 12.8. The highest BCUT2D eigenvalue weighted by atomic mass is 19.1. The average molecular weight is 323 g/mol. The van der Waals surface area contributed by atoms with E-state index in [0.717, 1.165) is 70.7 Å². The van der Waals surface area contributed by atoms with Crippen LogP contribution in [0, 0.1) is 5.82 Å². The van der Waals surface area contributed by atoms with Gasteiger partial charge in [0.2, 0.25) is 0 Å². The van der Waals surface area contributed by atoms with E-state index >= 15 is 0 Å². The minimum atomic E-state index is -0.276. The molecule has 2 saturated heterocycles. The van der Waals surface area contributed by atoms with Gasteiger partial charge in [-0.05, 0) is 30.5 Å². The predicted molar refractivity (Wildman–Crippen MR) is 85.8 cm³/mol. The number of rotatable bonds is 7. The third kappa shape index (κ3) is 4.98. The molecule has 5 heteroatoms. The first kappa shape index (κ1) is 16.8. The Balaban J connectivity index is 1.23. The number of hydrogen-bond donors (Lipinski definition) is 0. The van der Waals surface area contributed by atoms with Crippen molar-refractivity contribution >= 4 is 0 Å². The molecule has 2 fully saturated rings. The lowest BCUT2D eigenvalue weighted by Crippen LogP contribution is -2.45. The zero-order chi connectivity index (χ0) is 16.0. The Kier molecular flexibility index (Phi) is 6.00. The molecule has 2 heterocycles. The summed E-state index contributed by atoms with van der Waals surface area (Å²) in [5, 5.41) is 0. The second kappa shape index (κ2) is 8.20. The molecule has 2 aliphatic heterocycles. The van der Waals surface area contributed by atoms with Gasteiger partial charge in [0.1, 0.15) is 5.82 Å². The van der Waals surface area contributed by atoms with Crippen molar-refractivity contribution in [3.63, 3.8) is 0 Å². The van der Waals surface area contributed by atoms with Crippen LogP contribution < -0.4 is 0 Å². The molecule has 3 rings (SSSR count). The smallest absolute Gasteiger partial charge is 0.170 e. The molecule has 0 amide bonds. The van der Waals surface area contributed by atoms with Crippen molar-refractivity contribution in [1.82, 2.24) is 4.90 Å². The number of nitrogens with zero attached hydrogens (tertiary/aromatic N) is 1. The summed E-state index contributed by atoms with van der Waals surface area (Å²) in [7, 11) is 0. The third-order valence-corrected chi connectivity index (χ3v) is 4.64. The Morgan fingerprint density at radius 3 is 2.43 bits per heavy atom. The zero-order valence-electron chi connectivity index (χ0n) is 13.6. The lowest BCUT2D eigenvalue weighted by molar-refractivity contribution is -0.185. The van der Waals surface area contributed by atoms with Gasteiger partial charge in [-0.25, -0.2) is 4.39 Å². The van der Waals surface area contributed by atoms with E-state index in [4.69, 9.17) is 14.2 Å². The number of benzene rings is 1. The van der Waals surface area contributed by atoms with E-state index in [2.05, 4.69) is 4.90 Å². The molecule has 0 unspecified atom stereocenters. The maximum Gasteiger partial charge on any atom is 0.170 e. The minimum absolute atomic E-state index is 0.189. The van der Waals surface area contributed by atoms with Gasteiger partial charge in [-0.15, -0.1) is 0 Å². The maximum atomic E-state index is 12.8. The van der Waals surface area contributed by atoms with Crippen LogP contribution in [0.15, 0.2) is 24.3 Å². The molecular formula is C18H26FNO3. The molecule has 1 aromatic rings. The summed E-state index contributed by atoms with van der Waals surface area (Å²) < 4.78 is 30.0. The molecule has 0 aromatic heterocycles. The molecule has 0 saturated carbocycles. The Bertz CT molecular complexity index is 464. The fourth-order valence-electron chi connectivity index (χ4n) is 3.24.